The van der Waals surface area contributed by atoms with Crippen molar-refractivity contribution in [1.29, 1.82) is 0 Å². The van der Waals surface area contributed by atoms with Crippen molar-refractivity contribution in [2.24, 2.45) is 0 Å². The van der Waals surface area contributed by atoms with E-state index in [0.29, 0.717) is 17.1 Å². The summed E-state index contributed by atoms with van der Waals surface area (Å²) in [7, 11) is 2.75. The van der Waals surface area contributed by atoms with E-state index in [0.717, 1.165) is 11.1 Å². The Hall–Kier alpha value is -4.39. The maximum atomic E-state index is 12.2. The molecule has 3 aromatic rings. The molecule has 0 fully saturated rings. The zero-order valence-electron chi connectivity index (χ0n) is 17.6. The molecule has 32 heavy (non-hydrogen) atoms. The van der Waals surface area contributed by atoms with Crippen LogP contribution in [-0.4, -0.2) is 25.1 Å². The van der Waals surface area contributed by atoms with Crippen LogP contribution in [0.15, 0.2) is 79.1 Å². The van der Waals surface area contributed by atoms with Gasteiger partial charge in [-0.3, -0.25) is 10.1 Å². The quantitative estimate of drug-likeness (QED) is 0.113. The minimum atomic E-state index is -0.539. The molecule has 0 aliphatic rings. The summed E-state index contributed by atoms with van der Waals surface area (Å²) in [5.74, 6) is 0.505. The zero-order chi connectivity index (χ0) is 22.9. The van der Waals surface area contributed by atoms with E-state index in [1.54, 1.807) is 42.5 Å². The third-order valence-corrected chi connectivity index (χ3v) is 4.48. The van der Waals surface area contributed by atoms with Gasteiger partial charge in [0, 0.05) is 17.7 Å². The molecule has 0 saturated heterocycles. The fourth-order valence-corrected chi connectivity index (χ4v) is 2.94. The molecule has 0 aliphatic carbocycles. The van der Waals surface area contributed by atoms with Crippen LogP contribution in [0, 0.1) is 10.1 Å². The van der Waals surface area contributed by atoms with Gasteiger partial charge in [0.15, 0.2) is 0 Å². The van der Waals surface area contributed by atoms with Gasteiger partial charge in [-0.15, -0.1) is 0 Å². The van der Waals surface area contributed by atoms with Crippen molar-refractivity contribution in [3.8, 4) is 11.5 Å². The highest BCUT2D eigenvalue weighted by Gasteiger charge is 2.18. The van der Waals surface area contributed by atoms with Crippen molar-refractivity contribution >= 4 is 29.4 Å². The lowest BCUT2D eigenvalue weighted by molar-refractivity contribution is -0.384. The number of methoxy groups -OCH3 is 2. The van der Waals surface area contributed by atoms with E-state index in [-0.39, 0.29) is 11.3 Å². The van der Waals surface area contributed by atoms with Crippen molar-refractivity contribution in [3.63, 3.8) is 0 Å². The minimum Gasteiger partial charge on any atom is -0.503 e. The number of ether oxygens (including phenoxy) is 3. The van der Waals surface area contributed by atoms with Crippen LogP contribution in [0.3, 0.4) is 0 Å². The summed E-state index contributed by atoms with van der Waals surface area (Å²) in [6.07, 6.45) is 5.05. The fourth-order valence-electron chi connectivity index (χ4n) is 2.94. The number of carbonyl (C=O) groups excluding carboxylic acids is 1. The van der Waals surface area contributed by atoms with Gasteiger partial charge in [0.2, 0.25) is 0 Å². The molecule has 0 heterocycles. The highest BCUT2D eigenvalue weighted by atomic mass is 16.6. The van der Waals surface area contributed by atoms with Gasteiger partial charge in [-0.05, 0) is 41.5 Å². The number of hydrogen-bond donors (Lipinski definition) is 0. The number of nitro benzene ring substituents is 1. The van der Waals surface area contributed by atoms with Crippen molar-refractivity contribution in [2.45, 2.75) is 0 Å². The molecule has 0 N–H and O–H groups in total. The summed E-state index contributed by atoms with van der Waals surface area (Å²) in [6.45, 7) is 0. The van der Waals surface area contributed by atoms with Crippen LogP contribution in [-0.2, 0) is 14.3 Å². The molecule has 3 rings (SSSR count). The van der Waals surface area contributed by atoms with E-state index in [2.05, 4.69) is 0 Å². The Morgan fingerprint density at radius 3 is 2.31 bits per heavy atom. The molecule has 0 aromatic heterocycles. The molecule has 0 bridgehead atoms. The first kappa shape index (κ1) is 22.3. The third kappa shape index (κ3) is 5.60. The smallest absolute Gasteiger partial charge is 0.341 e. The molecule has 0 atom stereocenters. The first-order valence-corrected chi connectivity index (χ1v) is 9.63. The Kier molecular flexibility index (Phi) is 7.37. The van der Waals surface area contributed by atoms with Gasteiger partial charge in [-0.1, -0.05) is 42.5 Å². The van der Waals surface area contributed by atoms with E-state index >= 15 is 0 Å². The van der Waals surface area contributed by atoms with E-state index in [1.165, 1.54) is 32.6 Å². The summed E-state index contributed by atoms with van der Waals surface area (Å²) in [5, 5.41) is 10.8. The molecule has 0 aliphatic heterocycles. The zero-order valence-corrected chi connectivity index (χ0v) is 17.6. The minimum absolute atomic E-state index is 0.0464. The Bertz CT molecular complexity index is 1170. The van der Waals surface area contributed by atoms with Crippen molar-refractivity contribution < 1.29 is 23.9 Å². The second kappa shape index (κ2) is 10.6. The molecule has 0 spiro atoms. The number of rotatable bonds is 8. The SMILES string of the molecule is COC=C(C(=O)OC)c1ccccc1Oc1cccc(C=Cc2ccc([N+](=O)[O-])cc2)c1. The van der Waals surface area contributed by atoms with Crippen LogP contribution in [0.25, 0.3) is 17.7 Å². The number of esters is 1. The van der Waals surface area contributed by atoms with Crippen LogP contribution in [0.4, 0.5) is 5.69 Å². The van der Waals surface area contributed by atoms with Crippen LogP contribution < -0.4 is 4.74 Å². The van der Waals surface area contributed by atoms with E-state index in [9.17, 15) is 14.9 Å². The largest absolute Gasteiger partial charge is 0.503 e. The Morgan fingerprint density at radius 1 is 0.906 bits per heavy atom. The standard InChI is InChI=1S/C25H21NO6/c1-30-17-23(25(27)31-2)22-8-3-4-9-24(22)32-21-7-5-6-19(16-21)11-10-18-12-14-20(15-13-18)26(28)29/h3-17H,1-2H3. The first-order valence-electron chi connectivity index (χ1n) is 9.63. The summed E-state index contributed by atoms with van der Waals surface area (Å²) in [4.78, 5) is 22.5. The molecule has 0 radical (unpaired) electrons. The normalized spacial score (nSPS) is 11.2. The second-order valence-corrected chi connectivity index (χ2v) is 6.61. The van der Waals surface area contributed by atoms with Gasteiger partial charge < -0.3 is 14.2 Å². The number of nitro groups is 1. The second-order valence-electron chi connectivity index (χ2n) is 6.61. The van der Waals surface area contributed by atoms with Crippen molar-refractivity contribution in [2.75, 3.05) is 14.2 Å². The topological polar surface area (TPSA) is 87.9 Å². The lowest BCUT2D eigenvalue weighted by Crippen LogP contribution is -2.05. The van der Waals surface area contributed by atoms with Crippen molar-refractivity contribution in [1.82, 2.24) is 0 Å². The van der Waals surface area contributed by atoms with Gasteiger partial charge in [0.25, 0.3) is 5.69 Å². The van der Waals surface area contributed by atoms with Crippen LogP contribution in [0.2, 0.25) is 0 Å². The van der Waals surface area contributed by atoms with Crippen LogP contribution >= 0.6 is 0 Å². The molecular weight excluding hydrogens is 410 g/mol. The molecule has 0 unspecified atom stereocenters. The fraction of sp³-hybridized carbons (Fsp3) is 0.0800. The highest BCUT2D eigenvalue weighted by molar-refractivity contribution is 6.17. The predicted molar refractivity (Wildman–Crippen MR) is 122 cm³/mol. The third-order valence-electron chi connectivity index (χ3n) is 4.48. The van der Waals surface area contributed by atoms with Crippen LogP contribution in [0.1, 0.15) is 16.7 Å². The monoisotopic (exact) mass is 431 g/mol. The number of nitrogens with zero attached hydrogens (tertiary/aromatic N) is 1. The Balaban J connectivity index is 1.83. The highest BCUT2D eigenvalue weighted by Crippen LogP contribution is 2.31. The predicted octanol–water partition coefficient (Wildman–Crippen LogP) is 5.72. The molecule has 0 saturated carbocycles. The number of para-hydroxylation sites is 1. The summed E-state index contributed by atoms with van der Waals surface area (Å²) < 4.78 is 15.9. The number of non-ortho nitro benzene ring substituents is 1. The van der Waals surface area contributed by atoms with E-state index in [4.69, 9.17) is 14.2 Å². The Morgan fingerprint density at radius 2 is 1.62 bits per heavy atom. The lowest BCUT2D eigenvalue weighted by atomic mass is 10.1. The van der Waals surface area contributed by atoms with Crippen LogP contribution in [0.5, 0.6) is 11.5 Å². The maximum absolute atomic E-state index is 12.2. The average molecular weight is 431 g/mol. The van der Waals surface area contributed by atoms with Gasteiger partial charge in [-0.2, -0.15) is 0 Å². The number of carbonyl (C=O) groups is 1. The summed E-state index contributed by atoms with van der Waals surface area (Å²) in [6, 6.07) is 20.8. The molecular formula is C25H21NO6. The average Bonchev–Trinajstić information content (AvgIpc) is 2.82. The summed E-state index contributed by atoms with van der Waals surface area (Å²) in [5.41, 5.74) is 2.52. The van der Waals surface area contributed by atoms with Gasteiger partial charge in [0.1, 0.15) is 17.1 Å². The molecule has 0 amide bonds. The van der Waals surface area contributed by atoms with Crippen molar-refractivity contribution in [3.05, 3.63) is 106 Å². The Labute approximate surface area is 185 Å². The molecule has 7 nitrogen and oxygen atoms in total. The van der Waals surface area contributed by atoms with E-state index < -0.39 is 10.9 Å². The van der Waals surface area contributed by atoms with Gasteiger partial charge in [-0.25, -0.2) is 4.79 Å². The van der Waals surface area contributed by atoms with Gasteiger partial charge >= 0.3 is 5.97 Å². The molecule has 7 heteroatoms. The molecule has 162 valence electrons. The lowest BCUT2D eigenvalue weighted by Gasteiger charge is -2.13. The maximum Gasteiger partial charge on any atom is 0.341 e. The summed E-state index contributed by atoms with van der Waals surface area (Å²) >= 11 is 0. The van der Waals surface area contributed by atoms with Gasteiger partial charge in [0.05, 0.1) is 25.4 Å². The number of hydrogen-bond acceptors (Lipinski definition) is 6. The van der Waals surface area contributed by atoms with E-state index in [1.807, 2.05) is 30.4 Å². The molecule has 3 aromatic carbocycles. The first-order chi connectivity index (χ1) is 15.5. The number of benzene rings is 3.